The molecule has 1 unspecified atom stereocenters. The molecule has 1 N–H and O–H groups in total. The fourth-order valence-electron chi connectivity index (χ4n) is 3.25. The maximum absolute atomic E-state index is 12.6. The van der Waals surface area contributed by atoms with Gasteiger partial charge in [0.25, 0.3) is 5.89 Å². The first-order valence-electron chi connectivity index (χ1n) is 8.93. The van der Waals surface area contributed by atoms with Crippen molar-refractivity contribution in [1.29, 1.82) is 0 Å². The van der Waals surface area contributed by atoms with Crippen LogP contribution in [0.5, 0.6) is 0 Å². The Morgan fingerprint density at radius 3 is 2.64 bits per heavy atom. The van der Waals surface area contributed by atoms with Crippen LogP contribution < -0.4 is 10.2 Å². The molecule has 3 heterocycles. The molecule has 3 aromatic rings. The molecule has 1 aromatic carbocycles. The molecule has 28 heavy (non-hydrogen) atoms. The summed E-state index contributed by atoms with van der Waals surface area (Å²) in [5.41, 5.74) is 3.38. The minimum absolute atomic E-state index is 0.0000814. The van der Waals surface area contributed by atoms with Gasteiger partial charge in [0.2, 0.25) is 11.8 Å². The summed E-state index contributed by atoms with van der Waals surface area (Å²) in [6.07, 6.45) is 0.141. The van der Waals surface area contributed by atoms with Gasteiger partial charge < -0.3 is 9.32 Å². The van der Waals surface area contributed by atoms with E-state index in [1.54, 1.807) is 16.6 Å². The summed E-state index contributed by atoms with van der Waals surface area (Å²) in [4.78, 5) is 26.5. The molecule has 0 radical (unpaired) electrons. The SMILES string of the molecule is Cc1ccc(N2CC(C(=O)Nc3nnc(-c4cc(C)nn4C)o3)CC2=O)cc1. The molecule has 4 rings (SSSR count). The van der Waals surface area contributed by atoms with Gasteiger partial charge in [-0.3, -0.25) is 19.6 Å². The highest BCUT2D eigenvalue weighted by Crippen LogP contribution is 2.27. The number of anilines is 2. The van der Waals surface area contributed by atoms with Crippen molar-refractivity contribution in [1.82, 2.24) is 20.0 Å². The van der Waals surface area contributed by atoms with Gasteiger partial charge in [0.15, 0.2) is 0 Å². The number of aromatic nitrogens is 4. The highest BCUT2D eigenvalue weighted by atomic mass is 16.4. The quantitative estimate of drug-likeness (QED) is 0.743. The molecule has 1 aliphatic rings. The Balaban J connectivity index is 1.44. The maximum atomic E-state index is 12.6. The Hall–Kier alpha value is -3.49. The van der Waals surface area contributed by atoms with E-state index in [0.29, 0.717) is 12.2 Å². The van der Waals surface area contributed by atoms with Crippen LogP contribution in [0.4, 0.5) is 11.7 Å². The summed E-state index contributed by atoms with van der Waals surface area (Å²) in [5.74, 6) is -0.620. The third kappa shape index (κ3) is 3.38. The highest BCUT2D eigenvalue weighted by molar-refractivity contribution is 6.03. The van der Waals surface area contributed by atoms with Crippen LogP contribution in [0.3, 0.4) is 0 Å². The minimum atomic E-state index is -0.483. The molecule has 1 saturated heterocycles. The maximum Gasteiger partial charge on any atom is 0.322 e. The van der Waals surface area contributed by atoms with Gasteiger partial charge in [-0.05, 0) is 32.0 Å². The van der Waals surface area contributed by atoms with Crippen molar-refractivity contribution >= 4 is 23.5 Å². The first-order chi connectivity index (χ1) is 13.4. The lowest BCUT2D eigenvalue weighted by molar-refractivity contribution is -0.122. The molecule has 9 nitrogen and oxygen atoms in total. The number of carbonyl (C=O) groups excluding carboxylic acids is 2. The topological polar surface area (TPSA) is 106 Å². The van der Waals surface area contributed by atoms with E-state index in [9.17, 15) is 9.59 Å². The molecule has 2 amide bonds. The van der Waals surface area contributed by atoms with E-state index in [2.05, 4.69) is 20.6 Å². The van der Waals surface area contributed by atoms with Crippen molar-refractivity contribution in [2.24, 2.45) is 13.0 Å². The summed E-state index contributed by atoms with van der Waals surface area (Å²) >= 11 is 0. The monoisotopic (exact) mass is 380 g/mol. The van der Waals surface area contributed by atoms with Crippen LogP contribution in [0.1, 0.15) is 17.7 Å². The number of benzene rings is 1. The lowest BCUT2D eigenvalue weighted by Gasteiger charge is -2.16. The third-order valence-corrected chi connectivity index (χ3v) is 4.72. The molecule has 0 aliphatic carbocycles. The fraction of sp³-hybridized carbons (Fsp3) is 0.316. The first kappa shape index (κ1) is 17.9. The zero-order valence-corrected chi connectivity index (χ0v) is 15.8. The Morgan fingerprint density at radius 2 is 1.96 bits per heavy atom. The number of nitrogens with one attached hydrogen (secondary N) is 1. The van der Waals surface area contributed by atoms with Gasteiger partial charge in [-0.25, -0.2) is 0 Å². The summed E-state index contributed by atoms with van der Waals surface area (Å²) in [6.45, 7) is 4.16. The standard InChI is InChI=1S/C19H20N6O3/c1-11-4-6-14(7-5-11)25-10-13(9-16(25)26)17(27)20-19-22-21-18(28-19)15-8-12(2)23-24(15)3/h4-8,13H,9-10H2,1-3H3,(H,20,22,27). The number of rotatable bonds is 4. The van der Waals surface area contributed by atoms with Gasteiger partial charge in [-0.1, -0.05) is 22.8 Å². The largest absolute Gasteiger partial charge is 0.401 e. The highest BCUT2D eigenvalue weighted by Gasteiger charge is 2.35. The lowest BCUT2D eigenvalue weighted by Crippen LogP contribution is -2.28. The van der Waals surface area contributed by atoms with E-state index in [-0.39, 0.29) is 30.1 Å². The van der Waals surface area contributed by atoms with Crippen LogP contribution in [0.25, 0.3) is 11.6 Å². The lowest BCUT2D eigenvalue weighted by atomic mass is 10.1. The summed E-state index contributed by atoms with van der Waals surface area (Å²) < 4.78 is 7.16. The molecule has 0 bridgehead atoms. The second kappa shape index (κ2) is 6.91. The predicted molar refractivity (Wildman–Crippen MR) is 102 cm³/mol. The number of nitrogens with zero attached hydrogens (tertiary/aromatic N) is 5. The Kier molecular flexibility index (Phi) is 4.42. The summed E-state index contributed by atoms with van der Waals surface area (Å²) in [6, 6.07) is 9.46. The van der Waals surface area contributed by atoms with Crippen molar-refractivity contribution in [3.63, 3.8) is 0 Å². The van der Waals surface area contributed by atoms with Crippen molar-refractivity contribution in [2.45, 2.75) is 20.3 Å². The van der Waals surface area contributed by atoms with Gasteiger partial charge in [-0.15, -0.1) is 5.10 Å². The van der Waals surface area contributed by atoms with Crippen LogP contribution >= 0.6 is 0 Å². The smallest absolute Gasteiger partial charge is 0.322 e. The number of hydrogen-bond donors (Lipinski definition) is 1. The molecule has 1 aliphatic heterocycles. The van der Waals surface area contributed by atoms with Crippen LogP contribution in [0, 0.1) is 19.8 Å². The van der Waals surface area contributed by atoms with Gasteiger partial charge >= 0.3 is 6.01 Å². The van der Waals surface area contributed by atoms with Gasteiger partial charge in [-0.2, -0.15) is 5.10 Å². The molecule has 1 fully saturated rings. The van der Waals surface area contributed by atoms with E-state index in [4.69, 9.17) is 4.42 Å². The van der Waals surface area contributed by atoms with Gasteiger partial charge in [0.05, 0.1) is 11.6 Å². The second-order valence-electron chi connectivity index (χ2n) is 6.94. The van der Waals surface area contributed by atoms with E-state index in [1.807, 2.05) is 44.2 Å². The third-order valence-electron chi connectivity index (χ3n) is 4.72. The second-order valence-corrected chi connectivity index (χ2v) is 6.94. The molecule has 0 saturated carbocycles. The molecule has 1 atom stereocenters. The normalized spacial score (nSPS) is 16.6. The Labute approximate surface area is 161 Å². The van der Waals surface area contributed by atoms with Crippen molar-refractivity contribution in [3.05, 3.63) is 41.6 Å². The molecule has 2 aromatic heterocycles. The van der Waals surface area contributed by atoms with Crippen LogP contribution in [0.15, 0.2) is 34.7 Å². The van der Waals surface area contributed by atoms with E-state index in [1.165, 1.54) is 0 Å². The van der Waals surface area contributed by atoms with Gasteiger partial charge in [0.1, 0.15) is 5.69 Å². The molecule has 9 heteroatoms. The fourth-order valence-corrected chi connectivity index (χ4v) is 3.25. The Bertz CT molecular complexity index is 1040. The van der Waals surface area contributed by atoms with Crippen LogP contribution in [-0.2, 0) is 16.6 Å². The predicted octanol–water partition coefficient (Wildman–Crippen LogP) is 2.08. The average molecular weight is 380 g/mol. The number of hydrogen-bond acceptors (Lipinski definition) is 6. The minimum Gasteiger partial charge on any atom is -0.401 e. The summed E-state index contributed by atoms with van der Waals surface area (Å²) in [7, 11) is 1.77. The number of amides is 2. The zero-order valence-electron chi connectivity index (χ0n) is 15.8. The van der Waals surface area contributed by atoms with Crippen LogP contribution in [0.2, 0.25) is 0 Å². The molecular weight excluding hydrogens is 360 g/mol. The van der Waals surface area contributed by atoms with E-state index < -0.39 is 5.92 Å². The van der Waals surface area contributed by atoms with Crippen molar-refractivity contribution < 1.29 is 14.0 Å². The summed E-state index contributed by atoms with van der Waals surface area (Å²) in [5, 5.41) is 14.7. The van der Waals surface area contributed by atoms with E-state index in [0.717, 1.165) is 16.9 Å². The molecule has 144 valence electrons. The number of aryl methyl sites for hydroxylation is 3. The van der Waals surface area contributed by atoms with E-state index >= 15 is 0 Å². The molecule has 0 spiro atoms. The van der Waals surface area contributed by atoms with Crippen LogP contribution in [-0.4, -0.2) is 38.3 Å². The van der Waals surface area contributed by atoms with Crippen molar-refractivity contribution in [2.75, 3.05) is 16.8 Å². The average Bonchev–Trinajstić information content (AvgIpc) is 3.35. The molecular formula is C19H20N6O3. The Morgan fingerprint density at radius 1 is 1.21 bits per heavy atom. The number of carbonyl (C=O) groups is 2. The van der Waals surface area contributed by atoms with Gasteiger partial charge in [0, 0.05) is 25.7 Å². The first-order valence-corrected chi connectivity index (χ1v) is 8.93. The van der Waals surface area contributed by atoms with Crippen molar-refractivity contribution in [3.8, 4) is 11.6 Å². The zero-order chi connectivity index (χ0) is 19.8.